The van der Waals surface area contributed by atoms with Crippen LogP contribution in [-0.2, 0) is 25.5 Å². The van der Waals surface area contributed by atoms with Gasteiger partial charge in [-0.15, -0.1) is 6.58 Å². The van der Waals surface area contributed by atoms with Gasteiger partial charge in [-0.3, -0.25) is 9.59 Å². The van der Waals surface area contributed by atoms with Gasteiger partial charge in [0.25, 0.3) is 0 Å². The minimum Gasteiger partial charge on any atom is -0.455 e. The van der Waals surface area contributed by atoms with Crippen molar-refractivity contribution in [1.82, 2.24) is 0 Å². The van der Waals surface area contributed by atoms with Gasteiger partial charge in [-0.2, -0.15) is 26.3 Å². The second-order valence-electron chi connectivity index (χ2n) is 6.98. The second kappa shape index (κ2) is 11.8. The number of esters is 2. The van der Waals surface area contributed by atoms with Gasteiger partial charge < -0.3 is 9.47 Å². The topological polar surface area (TPSA) is 52.6 Å². The maximum atomic E-state index is 12.6. The molecular weight excluding hydrogens is 430 g/mol. The Labute approximate surface area is 176 Å². The van der Waals surface area contributed by atoms with Crippen molar-refractivity contribution in [3.05, 3.63) is 48.6 Å². The molecule has 0 aliphatic rings. The standard InChI is InChI=1S/C21H24F6O4/c1-2-3-7-12-19(17(28)30-14-20(22,23)24,18(29)31-15-21(25,26)27)13-8-11-16-9-5-4-6-10-16/h2,4-6,9-10H,1,3,7-8,11-15H2. The molecule has 0 atom stereocenters. The van der Waals surface area contributed by atoms with Gasteiger partial charge in [0.1, 0.15) is 0 Å². The van der Waals surface area contributed by atoms with Crippen molar-refractivity contribution < 1.29 is 45.4 Å². The first-order valence-corrected chi connectivity index (χ1v) is 9.52. The molecule has 0 aromatic heterocycles. The zero-order valence-corrected chi connectivity index (χ0v) is 16.7. The van der Waals surface area contributed by atoms with E-state index in [-0.39, 0.29) is 25.7 Å². The van der Waals surface area contributed by atoms with Crippen LogP contribution in [0.3, 0.4) is 0 Å². The number of ether oxygens (including phenoxy) is 2. The molecule has 1 rings (SSSR count). The third kappa shape index (κ3) is 9.89. The number of unbranched alkanes of at least 4 members (excludes halogenated alkanes) is 1. The summed E-state index contributed by atoms with van der Waals surface area (Å²) in [5.41, 5.74) is -1.45. The van der Waals surface area contributed by atoms with Crippen LogP contribution < -0.4 is 0 Å². The molecule has 0 heterocycles. The number of hydrogen-bond donors (Lipinski definition) is 0. The van der Waals surface area contributed by atoms with E-state index in [9.17, 15) is 35.9 Å². The fraction of sp³-hybridized carbons (Fsp3) is 0.524. The van der Waals surface area contributed by atoms with Crippen LogP contribution in [-0.4, -0.2) is 37.5 Å². The summed E-state index contributed by atoms with van der Waals surface area (Å²) in [6.07, 6.45) is -8.02. The van der Waals surface area contributed by atoms with E-state index >= 15 is 0 Å². The molecule has 10 heteroatoms. The fourth-order valence-electron chi connectivity index (χ4n) is 2.97. The SMILES string of the molecule is C=CCCCC(CCCc1ccccc1)(C(=O)OCC(F)(F)F)C(=O)OCC(F)(F)F. The summed E-state index contributed by atoms with van der Waals surface area (Å²) >= 11 is 0. The van der Waals surface area contributed by atoms with Gasteiger partial charge in [0.2, 0.25) is 0 Å². The van der Waals surface area contributed by atoms with Crippen molar-refractivity contribution in [1.29, 1.82) is 0 Å². The molecule has 0 unspecified atom stereocenters. The van der Waals surface area contributed by atoms with Gasteiger partial charge in [-0.05, 0) is 44.1 Å². The highest BCUT2D eigenvalue weighted by molar-refractivity contribution is 6.00. The predicted molar refractivity (Wildman–Crippen MR) is 99.9 cm³/mol. The minimum atomic E-state index is -4.86. The summed E-state index contributed by atoms with van der Waals surface area (Å²) in [4.78, 5) is 25.2. The first kappa shape index (κ1) is 26.5. The lowest BCUT2D eigenvalue weighted by molar-refractivity contribution is -0.207. The highest BCUT2D eigenvalue weighted by Gasteiger charge is 2.50. The Kier molecular flexibility index (Phi) is 10.1. The molecule has 0 aliphatic carbocycles. The quantitative estimate of drug-likeness (QED) is 0.136. The largest absolute Gasteiger partial charge is 0.455 e. The Morgan fingerprint density at radius 3 is 1.77 bits per heavy atom. The summed E-state index contributed by atoms with van der Waals surface area (Å²) in [6.45, 7) is -0.437. The summed E-state index contributed by atoms with van der Waals surface area (Å²) < 4.78 is 83.8. The number of allylic oxidation sites excluding steroid dienone is 1. The molecular formula is C21H24F6O4. The molecule has 4 nitrogen and oxygen atoms in total. The predicted octanol–water partition coefficient (Wildman–Crippen LogP) is 5.56. The van der Waals surface area contributed by atoms with Crippen molar-refractivity contribution in [2.75, 3.05) is 13.2 Å². The highest BCUT2D eigenvalue weighted by Crippen LogP contribution is 2.36. The number of hydrogen-bond acceptors (Lipinski definition) is 4. The molecule has 0 saturated heterocycles. The van der Waals surface area contributed by atoms with Gasteiger partial charge in [0.15, 0.2) is 18.6 Å². The van der Waals surface area contributed by atoms with E-state index < -0.39 is 42.9 Å². The molecule has 0 fully saturated rings. The van der Waals surface area contributed by atoms with Gasteiger partial charge in [-0.25, -0.2) is 0 Å². The number of alkyl halides is 6. The lowest BCUT2D eigenvalue weighted by Gasteiger charge is -2.30. The Bertz CT molecular complexity index is 683. The average Bonchev–Trinajstić information content (AvgIpc) is 2.69. The Balaban J connectivity index is 3.11. The minimum absolute atomic E-state index is 0.122. The number of rotatable bonds is 12. The van der Waals surface area contributed by atoms with E-state index in [1.165, 1.54) is 6.08 Å². The smallest absolute Gasteiger partial charge is 0.422 e. The Hall–Kier alpha value is -2.52. The molecule has 0 spiro atoms. The van der Waals surface area contributed by atoms with Gasteiger partial charge in [0, 0.05) is 0 Å². The van der Waals surface area contributed by atoms with Crippen LogP contribution >= 0.6 is 0 Å². The number of carbonyl (C=O) groups excluding carboxylic acids is 2. The lowest BCUT2D eigenvalue weighted by Crippen LogP contribution is -2.44. The third-order valence-electron chi connectivity index (χ3n) is 4.44. The van der Waals surface area contributed by atoms with E-state index in [0.717, 1.165) is 5.56 Å². The van der Waals surface area contributed by atoms with Crippen LogP contribution in [0.5, 0.6) is 0 Å². The first-order chi connectivity index (χ1) is 14.4. The summed E-state index contributed by atoms with van der Waals surface area (Å²) in [7, 11) is 0. The van der Waals surface area contributed by atoms with Crippen LogP contribution in [0.1, 0.15) is 37.7 Å². The highest BCUT2D eigenvalue weighted by atomic mass is 19.4. The van der Waals surface area contributed by atoms with Crippen molar-refractivity contribution in [3.8, 4) is 0 Å². The lowest BCUT2D eigenvalue weighted by atomic mass is 9.77. The molecule has 1 aromatic rings. The van der Waals surface area contributed by atoms with E-state index in [0.29, 0.717) is 12.8 Å². The van der Waals surface area contributed by atoms with Crippen LogP contribution in [0, 0.1) is 5.41 Å². The van der Waals surface area contributed by atoms with Crippen molar-refractivity contribution in [2.45, 2.75) is 50.9 Å². The first-order valence-electron chi connectivity index (χ1n) is 9.52. The van der Waals surface area contributed by atoms with Gasteiger partial charge in [0.05, 0.1) is 0 Å². The molecule has 0 amide bonds. The Morgan fingerprint density at radius 2 is 1.32 bits per heavy atom. The summed E-state index contributed by atoms with van der Waals surface area (Å²) in [5, 5.41) is 0. The molecule has 0 N–H and O–H groups in total. The molecule has 0 radical (unpaired) electrons. The van der Waals surface area contributed by atoms with Crippen LogP contribution in [0.25, 0.3) is 0 Å². The molecule has 0 saturated carbocycles. The molecule has 0 aliphatic heterocycles. The number of aryl methyl sites for hydroxylation is 1. The van der Waals surface area contributed by atoms with E-state index in [2.05, 4.69) is 16.1 Å². The zero-order valence-electron chi connectivity index (χ0n) is 16.7. The molecule has 1 aromatic carbocycles. The van der Waals surface area contributed by atoms with Crippen molar-refractivity contribution >= 4 is 11.9 Å². The number of benzene rings is 1. The van der Waals surface area contributed by atoms with Crippen molar-refractivity contribution in [2.24, 2.45) is 5.41 Å². The number of carbonyl (C=O) groups is 2. The van der Waals surface area contributed by atoms with Crippen LogP contribution in [0.2, 0.25) is 0 Å². The van der Waals surface area contributed by atoms with E-state index in [4.69, 9.17) is 0 Å². The van der Waals surface area contributed by atoms with Gasteiger partial charge >= 0.3 is 24.3 Å². The van der Waals surface area contributed by atoms with Crippen molar-refractivity contribution in [3.63, 3.8) is 0 Å². The molecule has 174 valence electrons. The van der Waals surface area contributed by atoms with Crippen LogP contribution in [0.4, 0.5) is 26.3 Å². The number of halogens is 6. The maximum absolute atomic E-state index is 12.6. The molecule has 31 heavy (non-hydrogen) atoms. The normalized spacial score (nSPS) is 12.3. The maximum Gasteiger partial charge on any atom is 0.422 e. The summed E-state index contributed by atoms with van der Waals surface area (Å²) in [5.74, 6) is -3.09. The average molecular weight is 454 g/mol. The van der Waals surface area contributed by atoms with Crippen LogP contribution in [0.15, 0.2) is 43.0 Å². The zero-order chi connectivity index (χ0) is 23.5. The molecule has 0 bridgehead atoms. The Morgan fingerprint density at radius 1 is 0.839 bits per heavy atom. The van der Waals surface area contributed by atoms with E-state index in [1.54, 1.807) is 30.3 Å². The third-order valence-corrected chi connectivity index (χ3v) is 4.44. The summed E-state index contributed by atoms with van der Waals surface area (Å²) in [6, 6.07) is 8.81. The van der Waals surface area contributed by atoms with Gasteiger partial charge in [-0.1, -0.05) is 36.4 Å². The monoisotopic (exact) mass is 454 g/mol. The van der Waals surface area contributed by atoms with E-state index in [1.807, 2.05) is 0 Å². The second-order valence-corrected chi connectivity index (χ2v) is 6.98. The fourth-order valence-corrected chi connectivity index (χ4v) is 2.97.